The quantitative estimate of drug-likeness (QED) is 0.911. The molecule has 5 nitrogen and oxygen atoms in total. The van der Waals surface area contributed by atoms with Gasteiger partial charge in [0.1, 0.15) is 0 Å². The summed E-state index contributed by atoms with van der Waals surface area (Å²) in [6.45, 7) is 5.75. The minimum Gasteiger partial charge on any atom is -0.322 e. The van der Waals surface area contributed by atoms with Crippen LogP contribution in [0.3, 0.4) is 0 Å². The van der Waals surface area contributed by atoms with Crippen LogP contribution in [0.5, 0.6) is 0 Å². The number of amides is 2. The maximum absolute atomic E-state index is 12.2. The molecule has 0 bridgehead atoms. The standard InChI is InChI=1S/C15H22ClN3O2S/c1-12-3-4-13(11-14(12)16)17-15(20)19-7-5-18(6-8-19)9-10-22(2)21/h3-4,11H,5-10H2,1-2H3,(H,17,20)/t22-/m1/s1. The number of hydrogen-bond donors (Lipinski definition) is 1. The lowest BCUT2D eigenvalue weighted by atomic mass is 10.2. The SMILES string of the molecule is Cc1ccc(NC(=O)N2CCN(CC[S@@](C)=O)CC2)cc1Cl. The zero-order chi connectivity index (χ0) is 16.1. The number of aryl methyl sites for hydroxylation is 1. The van der Waals surface area contributed by atoms with Crippen molar-refractivity contribution in [2.45, 2.75) is 6.92 Å². The minimum absolute atomic E-state index is 0.0985. The molecule has 1 aliphatic rings. The summed E-state index contributed by atoms with van der Waals surface area (Å²) in [4.78, 5) is 16.3. The van der Waals surface area contributed by atoms with E-state index in [9.17, 15) is 9.00 Å². The summed E-state index contributed by atoms with van der Waals surface area (Å²) in [6, 6.07) is 5.41. The maximum atomic E-state index is 12.2. The number of rotatable bonds is 4. The van der Waals surface area contributed by atoms with E-state index in [0.717, 1.165) is 25.2 Å². The van der Waals surface area contributed by atoms with Gasteiger partial charge in [0, 0.05) is 66.2 Å². The fourth-order valence-corrected chi connectivity index (χ4v) is 3.00. The van der Waals surface area contributed by atoms with E-state index in [0.29, 0.717) is 29.6 Å². The molecule has 2 amide bonds. The summed E-state index contributed by atoms with van der Waals surface area (Å²) in [5.41, 5.74) is 1.70. The van der Waals surface area contributed by atoms with Gasteiger partial charge in [-0.2, -0.15) is 0 Å². The molecule has 22 heavy (non-hydrogen) atoms. The lowest BCUT2D eigenvalue weighted by Gasteiger charge is -2.34. The summed E-state index contributed by atoms with van der Waals surface area (Å²) < 4.78 is 11.1. The van der Waals surface area contributed by atoms with E-state index in [1.165, 1.54) is 0 Å². The molecule has 0 unspecified atom stereocenters. The molecule has 0 aromatic heterocycles. The molecular formula is C15H22ClN3O2S. The topological polar surface area (TPSA) is 52.7 Å². The number of halogens is 1. The van der Waals surface area contributed by atoms with E-state index in [1.807, 2.05) is 19.1 Å². The van der Waals surface area contributed by atoms with Crippen LogP contribution in [0.4, 0.5) is 10.5 Å². The Morgan fingerprint density at radius 2 is 2.00 bits per heavy atom. The van der Waals surface area contributed by atoms with Crippen molar-refractivity contribution in [3.63, 3.8) is 0 Å². The third kappa shape index (κ3) is 4.97. The predicted octanol–water partition coefficient (Wildman–Crippen LogP) is 2.18. The van der Waals surface area contributed by atoms with Crippen LogP contribution in [0.25, 0.3) is 0 Å². The molecule has 122 valence electrons. The number of carbonyl (C=O) groups is 1. The first-order valence-electron chi connectivity index (χ1n) is 7.30. The molecule has 1 aromatic carbocycles. The van der Waals surface area contributed by atoms with E-state index in [2.05, 4.69) is 10.2 Å². The van der Waals surface area contributed by atoms with E-state index >= 15 is 0 Å². The first-order chi connectivity index (χ1) is 10.5. The Morgan fingerprint density at radius 3 is 2.59 bits per heavy atom. The van der Waals surface area contributed by atoms with Gasteiger partial charge < -0.3 is 10.2 Å². The molecule has 1 aliphatic heterocycles. The van der Waals surface area contributed by atoms with Gasteiger partial charge in [0.25, 0.3) is 0 Å². The second-order valence-electron chi connectivity index (χ2n) is 5.50. The van der Waals surface area contributed by atoms with Crippen molar-refractivity contribution in [3.8, 4) is 0 Å². The first-order valence-corrected chi connectivity index (χ1v) is 9.40. The molecular weight excluding hydrogens is 322 g/mol. The Kier molecular flexibility index (Phi) is 6.23. The van der Waals surface area contributed by atoms with Crippen LogP contribution in [0.15, 0.2) is 18.2 Å². The third-order valence-corrected chi connectivity index (χ3v) is 4.94. The number of piperazine rings is 1. The number of hydrogen-bond acceptors (Lipinski definition) is 3. The smallest absolute Gasteiger partial charge is 0.321 e. The highest BCUT2D eigenvalue weighted by molar-refractivity contribution is 7.84. The highest BCUT2D eigenvalue weighted by Crippen LogP contribution is 2.20. The molecule has 1 aromatic rings. The minimum atomic E-state index is -0.763. The van der Waals surface area contributed by atoms with Crippen molar-refractivity contribution in [2.75, 3.05) is 50.0 Å². The Hall–Kier alpha value is -1.11. The highest BCUT2D eigenvalue weighted by Gasteiger charge is 2.21. The van der Waals surface area contributed by atoms with Gasteiger partial charge in [0.15, 0.2) is 0 Å². The number of benzene rings is 1. The molecule has 1 heterocycles. The van der Waals surface area contributed by atoms with Crippen LogP contribution >= 0.6 is 11.6 Å². The summed E-state index contributed by atoms with van der Waals surface area (Å²) in [5, 5.41) is 3.53. The van der Waals surface area contributed by atoms with Gasteiger partial charge in [-0.3, -0.25) is 9.11 Å². The van der Waals surface area contributed by atoms with Gasteiger partial charge in [0.2, 0.25) is 0 Å². The number of nitrogens with one attached hydrogen (secondary N) is 1. The van der Waals surface area contributed by atoms with Crippen molar-refractivity contribution in [1.29, 1.82) is 0 Å². The van der Waals surface area contributed by atoms with Crippen molar-refractivity contribution in [3.05, 3.63) is 28.8 Å². The Balaban J connectivity index is 1.82. The molecule has 1 fully saturated rings. The van der Waals surface area contributed by atoms with Crippen LogP contribution in [0.1, 0.15) is 5.56 Å². The van der Waals surface area contributed by atoms with Crippen LogP contribution < -0.4 is 5.32 Å². The van der Waals surface area contributed by atoms with Gasteiger partial charge >= 0.3 is 6.03 Å². The molecule has 0 radical (unpaired) electrons. The summed E-state index contributed by atoms with van der Waals surface area (Å²) in [6.07, 6.45) is 1.72. The van der Waals surface area contributed by atoms with Gasteiger partial charge in [-0.05, 0) is 24.6 Å². The highest BCUT2D eigenvalue weighted by atomic mass is 35.5. The Bertz CT molecular complexity index is 560. The lowest BCUT2D eigenvalue weighted by molar-refractivity contribution is 0.152. The summed E-state index contributed by atoms with van der Waals surface area (Å²) >= 11 is 6.07. The third-order valence-electron chi connectivity index (χ3n) is 3.78. The van der Waals surface area contributed by atoms with E-state index in [-0.39, 0.29) is 6.03 Å². The van der Waals surface area contributed by atoms with Crippen LogP contribution in [0, 0.1) is 6.92 Å². The maximum Gasteiger partial charge on any atom is 0.321 e. The summed E-state index contributed by atoms with van der Waals surface area (Å²) in [5.74, 6) is 0.689. The second-order valence-corrected chi connectivity index (χ2v) is 7.46. The number of carbonyl (C=O) groups excluding carboxylic acids is 1. The lowest BCUT2D eigenvalue weighted by Crippen LogP contribution is -2.50. The molecule has 0 aliphatic carbocycles. The average molecular weight is 344 g/mol. The molecule has 1 atom stereocenters. The van der Waals surface area contributed by atoms with Crippen LogP contribution in [0.2, 0.25) is 5.02 Å². The zero-order valence-corrected chi connectivity index (χ0v) is 14.5. The number of nitrogens with zero attached hydrogens (tertiary/aromatic N) is 2. The Morgan fingerprint density at radius 1 is 1.32 bits per heavy atom. The van der Waals surface area contributed by atoms with E-state index in [1.54, 1.807) is 17.2 Å². The average Bonchev–Trinajstić information content (AvgIpc) is 2.49. The van der Waals surface area contributed by atoms with Crippen molar-refractivity contribution in [1.82, 2.24) is 9.80 Å². The van der Waals surface area contributed by atoms with Crippen LogP contribution in [-0.2, 0) is 10.8 Å². The number of anilines is 1. The van der Waals surface area contributed by atoms with E-state index < -0.39 is 10.8 Å². The van der Waals surface area contributed by atoms with Crippen molar-refractivity contribution >= 4 is 34.1 Å². The first kappa shape index (κ1) is 17.2. The van der Waals surface area contributed by atoms with Crippen molar-refractivity contribution < 1.29 is 9.00 Å². The number of urea groups is 1. The molecule has 1 N–H and O–H groups in total. The molecule has 0 spiro atoms. The fraction of sp³-hybridized carbons (Fsp3) is 0.533. The predicted molar refractivity (Wildman–Crippen MR) is 92.2 cm³/mol. The van der Waals surface area contributed by atoms with Gasteiger partial charge in [0.05, 0.1) is 0 Å². The Labute approximate surface area is 139 Å². The van der Waals surface area contributed by atoms with E-state index in [4.69, 9.17) is 11.6 Å². The summed E-state index contributed by atoms with van der Waals surface area (Å²) in [7, 11) is -0.763. The monoisotopic (exact) mass is 343 g/mol. The van der Waals surface area contributed by atoms with Crippen LogP contribution in [-0.4, -0.2) is 64.8 Å². The molecule has 7 heteroatoms. The molecule has 0 saturated carbocycles. The largest absolute Gasteiger partial charge is 0.322 e. The fourth-order valence-electron chi connectivity index (χ4n) is 2.31. The van der Waals surface area contributed by atoms with Gasteiger partial charge in [-0.1, -0.05) is 17.7 Å². The second kappa shape index (κ2) is 7.94. The van der Waals surface area contributed by atoms with Crippen molar-refractivity contribution in [2.24, 2.45) is 0 Å². The van der Waals surface area contributed by atoms with Gasteiger partial charge in [-0.25, -0.2) is 4.79 Å². The molecule has 2 rings (SSSR count). The van der Waals surface area contributed by atoms with Gasteiger partial charge in [-0.15, -0.1) is 0 Å². The molecule has 1 saturated heterocycles. The normalized spacial score (nSPS) is 17.3. The zero-order valence-electron chi connectivity index (χ0n) is 13.0.